The first kappa shape index (κ1) is 27.4. The van der Waals surface area contributed by atoms with Crippen molar-refractivity contribution in [3.63, 3.8) is 0 Å². The van der Waals surface area contributed by atoms with Gasteiger partial charge in [-0.25, -0.2) is 4.98 Å². The Kier molecular flexibility index (Phi) is 6.99. The first-order valence-corrected chi connectivity index (χ1v) is 15.3. The Balaban J connectivity index is 1.05. The zero-order valence-electron chi connectivity index (χ0n) is 24.3. The van der Waals surface area contributed by atoms with E-state index >= 15 is 0 Å². The van der Waals surface area contributed by atoms with Crippen LogP contribution < -0.4 is 15.8 Å². The van der Waals surface area contributed by atoms with Crippen LogP contribution in [0.5, 0.6) is 0 Å². The second-order valence-corrected chi connectivity index (χ2v) is 12.3. The highest BCUT2D eigenvalue weighted by Gasteiger charge is 2.49. The van der Waals surface area contributed by atoms with Crippen LogP contribution >= 0.6 is 0 Å². The van der Waals surface area contributed by atoms with Crippen molar-refractivity contribution in [2.24, 2.45) is 18.9 Å². The highest BCUT2D eigenvalue weighted by Crippen LogP contribution is 2.47. The molecule has 1 fully saturated rings. The summed E-state index contributed by atoms with van der Waals surface area (Å²) in [4.78, 5) is 44.8. The molecule has 4 atom stereocenters. The van der Waals surface area contributed by atoms with Crippen LogP contribution in [-0.2, 0) is 31.2 Å². The molecule has 222 valence electrons. The lowest BCUT2D eigenvalue weighted by molar-refractivity contribution is -0.384. The molecular weight excluding hydrogens is 544 g/mol. The van der Waals surface area contributed by atoms with Gasteiger partial charge in [-0.15, -0.1) is 0 Å². The first-order chi connectivity index (χ1) is 20.9. The largest absolute Gasteiger partial charge is 0.366 e. The number of pyridine rings is 1. The summed E-state index contributed by atoms with van der Waals surface area (Å²) in [5.41, 5.74) is 5.06. The van der Waals surface area contributed by atoms with E-state index in [1.807, 2.05) is 41.0 Å². The van der Waals surface area contributed by atoms with Gasteiger partial charge in [0, 0.05) is 74.6 Å². The Bertz CT molecular complexity index is 1780. The molecule has 10 nitrogen and oxygen atoms in total. The number of piperidine rings is 1. The molecule has 0 spiro atoms. The van der Waals surface area contributed by atoms with Gasteiger partial charge in [-0.3, -0.25) is 19.7 Å². The zero-order chi connectivity index (χ0) is 29.7. The fourth-order valence-corrected chi connectivity index (χ4v) is 7.80. The Morgan fingerprint density at radius 3 is 2.77 bits per heavy atom. The van der Waals surface area contributed by atoms with Crippen LogP contribution in [0.1, 0.15) is 48.7 Å². The van der Waals surface area contributed by atoms with Crippen molar-refractivity contribution in [1.29, 1.82) is 0 Å². The third-order valence-electron chi connectivity index (χ3n) is 9.79. The Labute approximate surface area is 249 Å². The fraction of sp³-hybridized carbons (Fsp3) is 0.424. The number of nitro benzene ring substituents is 1. The van der Waals surface area contributed by atoms with E-state index in [0.29, 0.717) is 26.1 Å². The number of para-hydroxylation sites is 2. The second kappa shape index (κ2) is 11.0. The molecule has 0 radical (unpaired) electrons. The summed E-state index contributed by atoms with van der Waals surface area (Å²) in [5, 5.41) is 14.8. The lowest BCUT2D eigenvalue weighted by atomic mass is 9.70. The topological polar surface area (TPSA) is 115 Å². The number of nitrogens with zero attached hydrogens (tertiary/aromatic N) is 5. The lowest BCUT2D eigenvalue weighted by Gasteiger charge is -2.54. The number of non-ortho nitro benzene ring substituents is 1. The van der Waals surface area contributed by atoms with Crippen LogP contribution in [0.15, 0.2) is 65.5 Å². The van der Waals surface area contributed by atoms with Gasteiger partial charge in [-0.2, -0.15) is 0 Å². The normalized spacial score (nSPS) is 22.0. The van der Waals surface area contributed by atoms with Crippen LogP contribution in [0.2, 0.25) is 0 Å². The number of rotatable bonds is 8. The van der Waals surface area contributed by atoms with Crippen molar-refractivity contribution in [3.8, 4) is 0 Å². The molecule has 3 aliphatic heterocycles. The van der Waals surface area contributed by atoms with Gasteiger partial charge in [0.25, 0.3) is 11.2 Å². The molecule has 4 aromatic rings. The molecule has 2 bridgehead atoms. The van der Waals surface area contributed by atoms with Gasteiger partial charge in [-0.05, 0) is 61.4 Å². The number of aryl methyl sites for hydroxylation is 2. The van der Waals surface area contributed by atoms with Crippen LogP contribution in [0.3, 0.4) is 0 Å². The number of unbranched alkanes of at least 4 members (excludes halogenated alkanes) is 2. The Morgan fingerprint density at radius 2 is 1.93 bits per heavy atom. The van der Waals surface area contributed by atoms with Gasteiger partial charge in [0.1, 0.15) is 5.82 Å². The quantitative estimate of drug-likeness (QED) is 0.188. The summed E-state index contributed by atoms with van der Waals surface area (Å²) in [6, 6.07) is 18.6. The minimum absolute atomic E-state index is 0.00660. The Hall–Kier alpha value is -4.47. The maximum absolute atomic E-state index is 13.8. The predicted octanol–water partition coefficient (Wildman–Crippen LogP) is 4.34. The molecule has 0 unspecified atom stereocenters. The van der Waals surface area contributed by atoms with Crippen molar-refractivity contribution in [3.05, 3.63) is 98.2 Å². The third-order valence-corrected chi connectivity index (χ3v) is 9.79. The number of carbonyl (C=O) groups is 1. The van der Waals surface area contributed by atoms with Gasteiger partial charge >= 0.3 is 0 Å². The summed E-state index contributed by atoms with van der Waals surface area (Å²) in [6.45, 7) is 1.85. The molecule has 3 aliphatic rings. The molecule has 43 heavy (non-hydrogen) atoms. The molecule has 2 aromatic heterocycles. The van der Waals surface area contributed by atoms with Crippen molar-refractivity contribution < 1.29 is 9.72 Å². The van der Waals surface area contributed by atoms with E-state index < -0.39 is 0 Å². The zero-order valence-corrected chi connectivity index (χ0v) is 24.3. The number of benzene rings is 2. The third kappa shape index (κ3) is 4.88. The molecule has 0 saturated carbocycles. The minimum Gasteiger partial charge on any atom is -0.366 e. The molecule has 7 rings (SSSR count). The van der Waals surface area contributed by atoms with E-state index in [1.54, 1.807) is 18.2 Å². The van der Waals surface area contributed by atoms with E-state index in [0.717, 1.165) is 65.9 Å². The summed E-state index contributed by atoms with van der Waals surface area (Å²) >= 11 is 0. The summed E-state index contributed by atoms with van der Waals surface area (Å²) < 4.78 is 4.04. The summed E-state index contributed by atoms with van der Waals surface area (Å²) in [6.07, 6.45) is 5.10. The number of anilines is 1. The number of amides is 1. The molecule has 0 aliphatic carbocycles. The smallest absolute Gasteiger partial charge is 0.269 e. The molecule has 1 amide bonds. The number of hydrogen-bond acceptors (Lipinski definition) is 6. The second-order valence-electron chi connectivity index (χ2n) is 12.3. The van der Waals surface area contributed by atoms with Crippen molar-refractivity contribution in [2.75, 3.05) is 18.0 Å². The van der Waals surface area contributed by atoms with E-state index in [1.165, 1.54) is 0 Å². The minimum atomic E-state index is -0.372. The number of carbonyl (C=O) groups excluding carboxylic acids is 1. The molecule has 1 saturated heterocycles. The number of hydrogen-bond donors (Lipinski definition) is 1. The van der Waals surface area contributed by atoms with Gasteiger partial charge in [0.05, 0.1) is 21.9 Å². The van der Waals surface area contributed by atoms with E-state index in [4.69, 9.17) is 4.98 Å². The van der Waals surface area contributed by atoms with Crippen LogP contribution in [0.25, 0.3) is 11.0 Å². The maximum Gasteiger partial charge on any atom is 0.269 e. The Morgan fingerprint density at radius 1 is 1.07 bits per heavy atom. The number of aromatic nitrogens is 3. The summed E-state index contributed by atoms with van der Waals surface area (Å²) in [5.74, 6) is 1.03. The predicted molar refractivity (Wildman–Crippen MR) is 164 cm³/mol. The highest BCUT2D eigenvalue weighted by molar-refractivity contribution is 5.82. The molecule has 10 heteroatoms. The van der Waals surface area contributed by atoms with Crippen molar-refractivity contribution >= 4 is 28.3 Å². The van der Waals surface area contributed by atoms with E-state index in [9.17, 15) is 19.7 Å². The van der Waals surface area contributed by atoms with Gasteiger partial charge in [-0.1, -0.05) is 24.6 Å². The van der Waals surface area contributed by atoms with Crippen LogP contribution in [0, 0.1) is 22.0 Å². The fourth-order valence-electron chi connectivity index (χ4n) is 7.80. The monoisotopic (exact) mass is 580 g/mol. The number of nitro groups is 1. The summed E-state index contributed by atoms with van der Waals surface area (Å²) in [7, 11) is 2.06. The molecule has 5 heterocycles. The highest BCUT2D eigenvalue weighted by atomic mass is 16.6. The molecular formula is C33H36N6O4. The standard InChI is InChI=1S/C33H36N6O4/c1-36-29-9-5-4-8-26(29)35-30(36)11-3-2-6-15-34-33(41)25-18-21-17-24(39(42)43)13-14-28(21)38-19-22-16-23(32(25)38)20-37-27(22)10-7-12-31(37)40/h4-5,7-10,12-14,17,22-23,25,32H,2-3,6,11,15-16,18-20H2,1H3,(H,34,41)/t22-,23-,25+,32-/m0/s1. The average molecular weight is 581 g/mol. The van der Waals surface area contributed by atoms with Gasteiger partial charge in [0.2, 0.25) is 5.91 Å². The molecule has 1 N–H and O–H groups in total. The van der Waals surface area contributed by atoms with Gasteiger partial charge in [0.15, 0.2) is 0 Å². The van der Waals surface area contributed by atoms with Gasteiger partial charge < -0.3 is 19.4 Å². The van der Waals surface area contributed by atoms with Crippen LogP contribution in [0.4, 0.5) is 11.4 Å². The maximum atomic E-state index is 13.8. The lowest BCUT2D eigenvalue weighted by Crippen LogP contribution is -2.61. The average Bonchev–Trinajstić information content (AvgIpc) is 3.33. The van der Waals surface area contributed by atoms with Crippen molar-refractivity contribution in [1.82, 2.24) is 19.4 Å². The number of nitrogens with one attached hydrogen (secondary N) is 1. The SMILES string of the molecule is Cn1c(CCCCCNC(=O)[C@@H]2Cc3cc([N+](=O)[O-])ccc3N3C[C@@H]4C[C@@H](Cn5c4cccc5=O)[C@@H]23)nc2ccccc21. The van der Waals surface area contributed by atoms with E-state index in [-0.39, 0.29) is 45.9 Å². The van der Waals surface area contributed by atoms with E-state index in [2.05, 4.69) is 27.9 Å². The number of imidazole rings is 1. The number of fused-ring (bicyclic) bond motifs is 9. The van der Waals surface area contributed by atoms with Crippen LogP contribution in [-0.4, -0.2) is 44.1 Å². The molecule has 2 aromatic carbocycles. The first-order valence-electron chi connectivity index (χ1n) is 15.3. The van der Waals surface area contributed by atoms with Crippen molar-refractivity contribution in [2.45, 2.75) is 57.0 Å².